The monoisotopic (exact) mass is 443 g/mol. The van der Waals surface area contributed by atoms with Gasteiger partial charge in [-0.2, -0.15) is 0 Å². The second-order valence-electron chi connectivity index (χ2n) is 8.07. The molecule has 0 spiro atoms. The Hall–Kier alpha value is -3.87. The fraction of sp³-hybridized carbons (Fsp3) is 0.269. The number of aryl methyl sites for hydroxylation is 3. The van der Waals surface area contributed by atoms with Crippen molar-refractivity contribution in [2.24, 2.45) is 7.05 Å². The molecule has 0 aliphatic rings. The van der Waals surface area contributed by atoms with Gasteiger partial charge in [0.2, 0.25) is 11.8 Å². The molecule has 0 radical (unpaired) electrons. The summed E-state index contributed by atoms with van der Waals surface area (Å²) in [5.41, 5.74) is 8.94. The minimum atomic E-state index is -0.0492. The van der Waals surface area contributed by atoms with E-state index in [2.05, 4.69) is 22.7 Å². The average molecular weight is 444 g/mol. The third-order valence-electron chi connectivity index (χ3n) is 5.83. The van der Waals surface area contributed by atoms with Crippen molar-refractivity contribution in [3.05, 3.63) is 83.0 Å². The lowest BCUT2D eigenvalue weighted by molar-refractivity contribution is -0.121. The number of amides is 1. The van der Waals surface area contributed by atoms with Crippen LogP contribution in [0, 0.1) is 13.8 Å². The van der Waals surface area contributed by atoms with Crippen LogP contribution in [0.15, 0.2) is 60.7 Å². The number of para-hydroxylation sites is 1. The maximum absolute atomic E-state index is 13.0. The summed E-state index contributed by atoms with van der Waals surface area (Å²) >= 11 is 0. The first-order chi connectivity index (χ1) is 16.0. The number of hydrogen-bond donors (Lipinski definition) is 1. The number of anilines is 1. The first-order valence-electron chi connectivity index (χ1n) is 11.0. The summed E-state index contributed by atoms with van der Waals surface area (Å²) in [7, 11) is 3.47. The highest BCUT2D eigenvalue weighted by molar-refractivity contribution is 5.86. The summed E-state index contributed by atoms with van der Waals surface area (Å²) in [4.78, 5) is 17.7. The number of pyridine rings is 1. The van der Waals surface area contributed by atoms with Gasteiger partial charge in [0.05, 0.1) is 24.7 Å². The highest BCUT2D eigenvalue weighted by Crippen LogP contribution is 2.30. The van der Waals surface area contributed by atoms with Crippen molar-refractivity contribution in [3.8, 4) is 5.88 Å². The molecule has 7 heteroatoms. The van der Waals surface area contributed by atoms with Crippen LogP contribution in [0.5, 0.6) is 5.88 Å². The van der Waals surface area contributed by atoms with Gasteiger partial charge in [-0.3, -0.25) is 15.2 Å². The SMILES string of the molecule is COc1nn(C)c2nc(C)c(CCC(=O)NN(Cc3ccccc3)c3ccccc3)c(C)c12. The van der Waals surface area contributed by atoms with E-state index in [1.165, 1.54) is 0 Å². The van der Waals surface area contributed by atoms with Crippen molar-refractivity contribution in [1.82, 2.24) is 20.2 Å². The second-order valence-corrected chi connectivity index (χ2v) is 8.07. The van der Waals surface area contributed by atoms with E-state index < -0.39 is 0 Å². The Morgan fingerprint density at radius 3 is 2.39 bits per heavy atom. The molecule has 2 heterocycles. The Morgan fingerprint density at radius 1 is 1.06 bits per heavy atom. The lowest BCUT2D eigenvalue weighted by Crippen LogP contribution is -2.42. The molecule has 0 aliphatic heterocycles. The van der Waals surface area contributed by atoms with Crippen LogP contribution in [0.3, 0.4) is 0 Å². The number of hydrazine groups is 1. The molecule has 0 bridgehead atoms. The molecule has 4 rings (SSSR count). The first-order valence-corrected chi connectivity index (χ1v) is 11.0. The zero-order valence-corrected chi connectivity index (χ0v) is 19.5. The van der Waals surface area contributed by atoms with E-state index >= 15 is 0 Å². The van der Waals surface area contributed by atoms with E-state index in [1.54, 1.807) is 11.8 Å². The van der Waals surface area contributed by atoms with Gasteiger partial charge in [0, 0.05) is 19.2 Å². The minimum absolute atomic E-state index is 0.0492. The number of nitrogens with one attached hydrogen (secondary N) is 1. The van der Waals surface area contributed by atoms with Crippen LogP contribution in [0.1, 0.15) is 28.8 Å². The summed E-state index contributed by atoms with van der Waals surface area (Å²) in [6.45, 7) is 4.60. The molecule has 0 unspecified atom stereocenters. The van der Waals surface area contributed by atoms with Gasteiger partial charge in [0.15, 0.2) is 5.65 Å². The van der Waals surface area contributed by atoms with Gasteiger partial charge in [-0.15, -0.1) is 5.10 Å². The first kappa shape index (κ1) is 22.3. The van der Waals surface area contributed by atoms with Crippen LogP contribution in [0.2, 0.25) is 0 Å². The van der Waals surface area contributed by atoms with Crippen molar-refractivity contribution in [2.45, 2.75) is 33.2 Å². The number of benzene rings is 2. The Kier molecular flexibility index (Phi) is 6.58. The molecule has 7 nitrogen and oxygen atoms in total. The predicted molar refractivity (Wildman–Crippen MR) is 130 cm³/mol. The van der Waals surface area contributed by atoms with E-state index in [0.29, 0.717) is 25.3 Å². The number of rotatable bonds is 8. The number of nitrogens with zero attached hydrogens (tertiary/aromatic N) is 4. The summed E-state index contributed by atoms with van der Waals surface area (Å²) in [6, 6.07) is 20.0. The topological polar surface area (TPSA) is 72.3 Å². The quantitative estimate of drug-likeness (QED) is 0.412. The molecule has 0 atom stereocenters. The fourth-order valence-corrected chi connectivity index (χ4v) is 4.12. The summed E-state index contributed by atoms with van der Waals surface area (Å²) in [5, 5.41) is 7.20. The van der Waals surface area contributed by atoms with E-state index in [1.807, 2.05) is 74.4 Å². The molecule has 170 valence electrons. The largest absolute Gasteiger partial charge is 0.479 e. The van der Waals surface area contributed by atoms with Gasteiger partial charge < -0.3 is 4.74 Å². The number of methoxy groups -OCH3 is 1. The predicted octanol–water partition coefficient (Wildman–Crippen LogP) is 4.26. The van der Waals surface area contributed by atoms with Gasteiger partial charge >= 0.3 is 0 Å². The third kappa shape index (κ3) is 4.82. The number of hydrogen-bond acceptors (Lipinski definition) is 5. The normalized spacial score (nSPS) is 10.9. The van der Waals surface area contributed by atoms with Gasteiger partial charge in [-0.1, -0.05) is 48.5 Å². The highest BCUT2D eigenvalue weighted by atomic mass is 16.5. The number of fused-ring (bicyclic) bond motifs is 1. The van der Waals surface area contributed by atoms with E-state index in [9.17, 15) is 4.79 Å². The van der Waals surface area contributed by atoms with Gasteiger partial charge in [-0.25, -0.2) is 9.67 Å². The Morgan fingerprint density at radius 2 is 1.73 bits per heavy atom. The molecular weight excluding hydrogens is 414 g/mol. The molecule has 0 aliphatic carbocycles. The Labute approximate surface area is 194 Å². The molecule has 2 aromatic carbocycles. The van der Waals surface area contributed by atoms with Crippen LogP contribution in [0.4, 0.5) is 5.69 Å². The zero-order valence-electron chi connectivity index (χ0n) is 19.5. The Bertz CT molecular complexity index is 1250. The van der Waals surface area contributed by atoms with Crippen LogP contribution in [-0.2, 0) is 24.8 Å². The molecular formula is C26H29N5O2. The average Bonchev–Trinajstić information content (AvgIpc) is 3.15. The second kappa shape index (κ2) is 9.73. The van der Waals surface area contributed by atoms with E-state index in [-0.39, 0.29) is 5.91 Å². The highest BCUT2D eigenvalue weighted by Gasteiger charge is 2.19. The number of aromatic nitrogens is 3. The van der Waals surface area contributed by atoms with Crippen LogP contribution in [0.25, 0.3) is 11.0 Å². The number of ether oxygens (including phenoxy) is 1. The van der Waals surface area contributed by atoms with Crippen molar-refractivity contribution >= 4 is 22.6 Å². The van der Waals surface area contributed by atoms with Crippen molar-refractivity contribution in [1.29, 1.82) is 0 Å². The van der Waals surface area contributed by atoms with Crippen molar-refractivity contribution in [2.75, 3.05) is 12.1 Å². The fourth-order valence-electron chi connectivity index (χ4n) is 4.12. The molecule has 33 heavy (non-hydrogen) atoms. The van der Waals surface area contributed by atoms with Gasteiger partial charge in [0.1, 0.15) is 0 Å². The third-order valence-corrected chi connectivity index (χ3v) is 5.83. The Balaban J connectivity index is 1.52. The summed E-state index contributed by atoms with van der Waals surface area (Å²) in [5.74, 6) is 0.508. The molecule has 1 N–H and O–H groups in total. The maximum Gasteiger partial charge on any atom is 0.242 e. The molecule has 0 fully saturated rings. The minimum Gasteiger partial charge on any atom is -0.479 e. The maximum atomic E-state index is 13.0. The molecule has 4 aromatic rings. The molecule has 0 saturated carbocycles. The molecule has 0 saturated heterocycles. The van der Waals surface area contributed by atoms with E-state index in [4.69, 9.17) is 9.72 Å². The van der Waals surface area contributed by atoms with E-state index in [0.717, 1.165) is 39.1 Å². The van der Waals surface area contributed by atoms with Crippen molar-refractivity contribution < 1.29 is 9.53 Å². The molecule has 2 aromatic heterocycles. The molecule has 1 amide bonds. The van der Waals surface area contributed by atoms with Gasteiger partial charge in [-0.05, 0) is 49.1 Å². The van der Waals surface area contributed by atoms with Crippen LogP contribution < -0.4 is 15.2 Å². The number of carbonyl (C=O) groups excluding carboxylic acids is 1. The van der Waals surface area contributed by atoms with Crippen molar-refractivity contribution in [3.63, 3.8) is 0 Å². The zero-order chi connectivity index (χ0) is 23.4. The lowest BCUT2D eigenvalue weighted by atomic mass is 10.00. The standard InChI is InChI=1S/C26H29N5O2/c1-18-22(19(2)27-25-24(18)26(33-4)29-30(25)3)15-16-23(32)28-31(21-13-9-6-10-14-21)17-20-11-7-5-8-12-20/h5-14H,15-17H2,1-4H3,(H,28,32). The lowest BCUT2D eigenvalue weighted by Gasteiger charge is -2.25. The van der Waals surface area contributed by atoms with Crippen LogP contribution in [-0.4, -0.2) is 27.8 Å². The summed E-state index contributed by atoms with van der Waals surface area (Å²) < 4.78 is 7.18. The van der Waals surface area contributed by atoms with Gasteiger partial charge in [0.25, 0.3) is 0 Å². The summed E-state index contributed by atoms with van der Waals surface area (Å²) in [6.07, 6.45) is 0.925. The van der Waals surface area contributed by atoms with Crippen LogP contribution >= 0.6 is 0 Å². The number of carbonyl (C=O) groups is 1. The smallest absolute Gasteiger partial charge is 0.242 e.